The topological polar surface area (TPSA) is 66.8 Å². The van der Waals surface area contributed by atoms with Gasteiger partial charge in [-0.2, -0.15) is 0 Å². The summed E-state index contributed by atoms with van der Waals surface area (Å²) in [6.07, 6.45) is 0.968. The van der Waals surface area contributed by atoms with Crippen LogP contribution < -0.4 is 4.74 Å². The molecule has 0 aliphatic carbocycles. The monoisotopic (exact) mass is 307 g/mol. The first-order valence-electron chi connectivity index (χ1n) is 7.40. The maximum Gasteiger partial charge on any atom is 0.329 e. The fourth-order valence-corrected chi connectivity index (χ4v) is 1.70. The van der Waals surface area contributed by atoms with Gasteiger partial charge in [0, 0.05) is 12.6 Å². The lowest BCUT2D eigenvalue weighted by Gasteiger charge is -2.31. The average Bonchev–Trinajstić information content (AvgIpc) is 2.45. The number of hydrogen-bond acceptors (Lipinski definition) is 3. The number of carboxylic acids is 1. The lowest BCUT2D eigenvalue weighted by atomic mass is 10.0. The summed E-state index contributed by atoms with van der Waals surface area (Å²) in [4.78, 5) is 24.8. The number of benzene rings is 1. The van der Waals surface area contributed by atoms with Gasteiger partial charge in [-0.15, -0.1) is 0 Å². The van der Waals surface area contributed by atoms with Gasteiger partial charge >= 0.3 is 5.97 Å². The third kappa shape index (κ3) is 4.48. The number of aliphatic carboxylic acids is 1. The number of amides is 1. The Morgan fingerprint density at radius 2 is 1.77 bits per heavy atom. The Morgan fingerprint density at radius 1 is 1.23 bits per heavy atom. The number of likely N-dealkylation sites (N-methyl/N-ethyl adjacent to an activating group) is 1. The zero-order valence-electron chi connectivity index (χ0n) is 13.9. The van der Waals surface area contributed by atoms with E-state index in [-0.39, 0.29) is 5.91 Å². The Bertz CT molecular complexity index is 520. The molecule has 5 heteroatoms. The van der Waals surface area contributed by atoms with Crippen LogP contribution in [0.25, 0.3) is 0 Å². The molecular weight excluding hydrogens is 282 g/mol. The molecule has 0 saturated heterocycles. The van der Waals surface area contributed by atoms with Gasteiger partial charge in [-0.1, -0.05) is 13.8 Å². The van der Waals surface area contributed by atoms with Gasteiger partial charge in [0.05, 0.1) is 6.61 Å². The van der Waals surface area contributed by atoms with Crippen LogP contribution >= 0.6 is 0 Å². The lowest BCUT2D eigenvalue weighted by molar-refractivity contribution is -0.147. The maximum absolute atomic E-state index is 12.3. The summed E-state index contributed by atoms with van der Waals surface area (Å²) in [6, 6.07) is 6.77. The van der Waals surface area contributed by atoms with E-state index in [1.807, 2.05) is 0 Å². The van der Waals surface area contributed by atoms with Crippen molar-refractivity contribution in [1.82, 2.24) is 4.90 Å². The number of rotatable bonds is 7. The van der Waals surface area contributed by atoms with Gasteiger partial charge in [-0.25, -0.2) is 4.79 Å². The summed E-state index contributed by atoms with van der Waals surface area (Å²) >= 11 is 0. The molecule has 0 atom stereocenters. The number of hydrogen-bond donors (Lipinski definition) is 1. The van der Waals surface area contributed by atoms with E-state index < -0.39 is 11.5 Å². The van der Waals surface area contributed by atoms with Crippen LogP contribution in [0.5, 0.6) is 5.75 Å². The summed E-state index contributed by atoms with van der Waals surface area (Å²) in [5.74, 6) is -0.0942. The van der Waals surface area contributed by atoms with Gasteiger partial charge in [0.25, 0.3) is 5.91 Å². The van der Waals surface area contributed by atoms with Crippen molar-refractivity contribution in [1.29, 1.82) is 0 Å². The highest BCUT2D eigenvalue weighted by Crippen LogP contribution is 2.19. The molecule has 1 aromatic carbocycles. The minimum atomic E-state index is -1.26. The molecule has 0 bridgehead atoms. The maximum atomic E-state index is 12.3. The number of carbonyl (C=O) groups is 2. The van der Waals surface area contributed by atoms with Crippen LogP contribution in [0, 0.1) is 5.92 Å². The highest BCUT2D eigenvalue weighted by molar-refractivity contribution is 5.97. The quantitative estimate of drug-likeness (QED) is 0.840. The SMILES string of the molecule is CC(C)CCOc1ccc(C(=O)N(C)C(C)(C)C(=O)O)cc1. The molecule has 0 aliphatic rings. The van der Waals surface area contributed by atoms with Gasteiger partial charge in [-0.05, 0) is 50.5 Å². The molecule has 0 heterocycles. The second kappa shape index (κ2) is 7.29. The van der Waals surface area contributed by atoms with Gasteiger partial charge in [0.15, 0.2) is 0 Å². The number of nitrogens with zero attached hydrogens (tertiary/aromatic N) is 1. The van der Waals surface area contributed by atoms with E-state index in [2.05, 4.69) is 13.8 Å². The Hall–Kier alpha value is -2.04. The Kier molecular flexibility index (Phi) is 5.97. The molecule has 1 aromatic rings. The Labute approximate surface area is 131 Å². The molecule has 0 aromatic heterocycles. The van der Waals surface area contributed by atoms with E-state index in [0.717, 1.165) is 6.42 Å². The van der Waals surface area contributed by atoms with Crippen molar-refractivity contribution in [3.05, 3.63) is 29.8 Å². The lowest BCUT2D eigenvalue weighted by Crippen LogP contribution is -2.50. The van der Waals surface area contributed by atoms with E-state index >= 15 is 0 Å². The van der Waals surface area contributed by atoms with Crippen LogP contribution in [0.1, 0.15) is 44.5 Å². The van der Waals surface area contributed by atoms with Gasteiger partial charge in [-0.3, -0.25) is 4.79 Å². The second-order valence-electron chi connectivity index (χ2n) is 6.28. The van der Waals surface area contributed by atoms with Gasteiger partial charge in [0.2, 0.25) is 0 Å². The van der Waals surface area contributed by atoms with Crippen LogP contribution in [0.3, 0.4) is 0 Å². The molecule has 22 heavy (non-hydrogen) atoms. The summed E-state index contributed by atoms with van der Waals surface area (Å²) in [5.41, 5.74) is -0.822. The van der Waals surface area contributed by atoms with Crippen molar-refractivity contribution in [2.75, 3.05) is 13.7 Å². The average molecular weight is 307 g/mol. The Morgan fingerprint density at radius 3 is 2.23 bits per heavy atom. The minimum Gasteiger partial charge on any atom is -0.494 e. The normalized spacial score (nSPS) is 11.4. The van der Waals surface area contributed by atoms with E-state index in [0.29, 0.717) is 23.8 Å². The van der Waals surface area contributed by atoms with E-state index in [9.17, 15) is 14.7 Å². The third-order valence-electron chi connectivity index (χ3n) is 3.73. The fraction of sp³-hybridized carbons (Fsp3) is 0.529. The van der Waals surface area contributed by atoms with Crippen molar-refractivity contribution in [2.45, 2.75) is 39.7 Å². The second-order valence-corrected chi connectivity index (χ2v) is 6.28. The van der Waals surface area contributed by atoms with Crippen molar-refractivity contribution in [3.63, 3.8) is 0 Å². The van der Waals surface area contributed by atoms with Crippen LogP contribution in [0.15, 0.2) is 24.3 Å². The number of carboxylic acid groups (broad SMARTS) is 1. The first-order valence-corrected chi connectivity index (χ1v) is 7.40. The van der Waals surface area contributed by atoms with Gasteiger partial charge < -0.3 is 14.7 Å². The molecule has 0 saturated carbocycles. The zero-order chi connectivity index (χ0) is 16.9. The smallest absolute Gasteiger partial charge is 0.329 e. The van der Waals surface area contributed by atoms with Crippen molar-refractivity contribution >= 4 is 11.9 Å². The van der Waals surface area contributed by atoms with E-state index in [4.69, 9.17) is 4.74 Å². The molecule has 1 amide bonds. The highest BCUT2D eigenvalue weighted by Gasteiger charge is 2.35. The molecule has 0 aliphatic heterocycles. The molecule has 1 rings (SSSR count). The molecule has 1 N–H and O–H groups in total. The molecule has 0 unspecified atom stereocenters. The first-order chi connectivity index (χ1) is 10.2. The molecule has 0 spiro atoms. The molecule has 0 radical (unpaired) electrons. The van der Waals surface area contributed by atoms with Crippen molar-refractivity contribution in [3.8, 4) is 5.75 Å². The zero-order valence-corrected chi connectivity index (χ0v) is 13.9. The molecular formula is C17H25NO4. The van der Waals surface area contributed by atoms with Crippen molar-refractivity contribution < 1.29 is 19.4 Å². The number of carbonyl (C=O) groups excluding carboxylic acids is 1. The summed E-state index contributed by atoms with van der Waals surface area (Å²) in [5, 5.41) is 9.18. The first kappa shape index (κ1) is 18.0. The largest absolute Gasteiger partial charge is 0.494 e. The van der Waals surface area contributed by atoms with Crippen molar-refractivity contribution in [2.24, 2.45) is 5.92 Å². The number of ether oxygens (including phenoxy) is 1. The molecule has 122 valence electrons. The van der Waals surface area contributed by atoms with Gasteiger partial charge in [0.1, 0.15) is 11.3 Å². The minimum absolute atomic E-state index is 0.332. The summed E-state index contributed by atoms with van der Waals surface area (Å²) in [6.45, 7) is 7.89. The third-order valence-corrected chi connectivity index (χ3v) is 3.73. The molecule has 0 fully saturated rings. The van der Waals surface area contributed by atoms with E-state index in [1.54, 1.807) is 24.3 Å². The predicted octanol–water partition coefficient (Wildman–Crippen LogP) is 3.05. The predicted molar refractivity (Wildman–Crippen MR) is 85.2 cm³/mol. The molecule has 5 nitrogen and oxygen atoms in total. The van der Waals surface area contributed by atoms with Crippen LogP contribution in [-0.4, -0.2) is 41.1 Å². The fourth-order valence-electron chi connectivity index (χ4n) is 1.70. The van der Waals surface area contributed by atoms with Crippen LogP contribution in [0.4, 0.5) is 0 Å². The van der Waals surface area contributed by atoms with E-state index in [1.165, 1.54) is 25.8 Å². The van der Waals surface area contributed by atoms with Crippen LogP contribution in [0.2, 0.25) is 0 Å². The summed E-state index contributed by atoms with van der Waals surface area (Å²) < 4.78 is 5.60. The summed E-state index contributed by atoms with van der Waals surface area (Å²) in [7, 11) is 1.49. The standard InChI is InChI=1S/C17H25NO4/c1-12(2)10-11-22-14-8-6-13(7-9-14)15(19)18(5)17(3,4)16(20)21/h6-9,12H,10-11H2,1-5H3,(H,20,21). The Balaban J connectivity index is 2.74. The highest BCUT2D eigenvalue weighted by atomic mass is 16.5. The van der Waals surface area contributed by atoms with Crippen LogP contribution in [-0.2, 0) is 4.79 Å².